The van der Waals surface area contributed by atoms with Crippen molar-refractivity contribution in [1.82, 2.24) is 9.80 Å². The van der Waals surface area contributed by atoms with Gasteiger partial charge in [0.05, 0.1) is 11.6 Å². The molecule has 1 aliphatic rings. The Kier molecular flexibility index (Phi) is 4.71. The van der Waals surface area contributed by atoms with E-state index in [9.17, 15) is 4.79 Å². The standard InChI is InChI=1S/C16H18Br2N2O3/c1-9-10-8-11(17)15(22-3)12(18)14(10)23-13(9)16(21)20-6-4-19(2)5-7-20/h8H,4-7H2,1-3H3. The van der Waals surface area contributed by atoms with Crippen LogP contribution in [0.3, 0.4) is 0 Å². The minimum absolute atomic E-state index is 0.0474. The molecule has 0 spiro atoms. The van der Waals surface area contributed by atoms with Crippen LogP contribution in [0, 0.1) is 6.92 Å². The first-order valence-electron chi connectivity index (χ1n) is 7.37. The van der Waals surface area contributed by atoms with Crippen molar-refractivity contribution >= 4 is 48.7 Å². The lowest BCUT2D eigenvalue weighted by molar-refractivity contribution is 0.0634. The van der Waals surface area contributed by atoms with Gasteiger partial charge in [0.1, 0.15) is 4.47 Å². The van der Waals surface area contributed by atoms with E-state index >= 15 is 0 Å². The van der Waals surface area contributed by atoms with Gasteiger partial charge in [-0.25, -0.2) is 0 Å². The number of piperazine rings is 1. The predicted octanol–water partition coefficient (Wildman–Crippen LogP) is 3.66. The Balaban J connectivity index is 2.03. The maximum absolute atomic E-state index is 12.8. The van der Waals surface area contributed by atoms with Crippen molar-refractivity contribution in [3.8, 4) is 5.75 Å². The van der Waals surface area contributed by atoms with Crippen LogP contribution in [-0.2, 0) is 0 Å². The third-order valence-electron chi connectivity index (χ3n) is 4.27. The molecule has 0 aliphatic carbocycles. The van der Waals surface area contributed by atoms with Crippen LogP contribution in [0.5, 0.6) is 5.75 Å². The van der Waals surface area contributed by atoms with Crippen LogP contribution in [0.25, 0.3) is 11.0 Å². The van der Waals surface area contributed by atoms with Crippen LogP contribution in [0.1, 0.15) is 16.1 Å². The summed E-state index contributed by atoms with van der Waals surface area (Å²) in [6, 6.07) is 1.93. The fraction of sp³-hybridized carbons (Fsp3) is 0.438. The van der Waals surface area contributed by atoms with E-state index in [1.54, 1.807) is 7.11 Å². The molecule has 0 N–H and O–H groups in total. The number of aryl methyl sites for hydroxylation is 1. The summed E-state index contributed by atoms with van der Waals surface area (Å²) in [5.41, 5.74) is 1.49. The summed E-state index contributed by atoms with van der Waals surface area (Å²) in [4.78, 5) is 16.9. The number of carbonyl (C=O) groups is 1. The molecule has 7 heteroatoms. The van der Waals surface area contributed by atoms with Crippen molar-refractivity contribution in [2.75, 3.05) is 40.3 Å². The first kappa shape index (κ1) is 16.8. The molecule has 2 heterocycles. The smallest absolute Gasteiger partial charge is 0.289 e. The molecule has 0 saturated carbocycles. The summed E-state index contributed by atoms with van der Waals surface area (Å²) >= 11 is 7.01. The number of likely N-dealkylation sites (N-methyl/N-ethyl adjacent to an activating group) is 1. The summed E-state index contributed by atoms with van der Waals surface area (Å²) in [6.45, 7) is 5.13. The number of amides is 1. The third kappa shape index (κ3) is 2.90. The average molecular weight is 446 g/mol. The van der Waals surface area contributed by atoms with Gasteiger partial charge in [-0.3, -0.25) is 4.79 Å². The fourth-order valence-corrected chi connectivity index (χ4v) is 4.33. The lowest BCUT2D eigenvalue weighted by atomic mass is 10.1. The number of hydrogen-bond acceptors (Lipinski definition) is 4. The molecule has 2 aromatic rings. The number of ether oxygens (including phenoxy) is 1. The Bertz CT molecular complexity index is 765. The number of furan rings is 1. The Morgan fingerprint density at radius 3 is 2.52 bits per heavy atom. The van der Waals surface area contributed by atoms with E-state index in [1.807, 2.05) is 17.9 Å². The van der Waals surface area contributed by atoms with E-state index in [0.717, 1.165) is 41.6 Å². The molecule has 1 saturated heterocycles. The third-order valence-corrected chi connectivity index (χ3v) is 5.58. The van der Waals surface area contributed by atoms with Crippen molar-refractivity contribution in [1.29, 1.82) is 0 Å². The molecule has 5 nitrogen and oxygen atoms in total. The van der Waals surface area contributed by atoms with Crippen LogP contribution in [0.4, 0.5) is 0 Å². The first-order valence-corrected chi connectivity index (χ1v) is 8.95. The molecule has 1 amide bonds. The number of halogens is 2. The topological polar surface area (TPSA) is 45.9 Å². The molecule has 23 heavy (non-hydrogen) atoms. The van der Waals surface area contributed by atoms with E-state index < -0.39 is 0 Å². The van der Waals surface area contributed by atoms with Crippen molar-refractivity contribution in [3.63, 3.8) is 0 Å². The summed E-state index contributed by atoms with van der Waals surface area (Å²) in [6.07, 6.45) is 0. The van der Waals surface area contributed by atoms with Crippen molar-refractivity contribution in [3.05, 3.63) is 26.3 Å². The van der Waals surface area contributed by atoms with E-state index in [0.29, 0.717) is 21.6 Å². The highest BCUT2D eigenvalue weighted by molar-refractivity contribution is 9.11. The number of carbonyl (C=O) groups excluding carboxylic acids is 1. The molecule has 1 fully saturated rings. The van der Waals surface area contributed by atoms with Gasteiger partial charge in [-0.1, -0.05) is 0 Å². The molecular formula is C16H18Br2N2O3. The number of nitrogens with zero attached hydrogens (tertiary/aromatic N) is 2. The predicted molar refractivity (Wildman–Crippen MR) is 96.3 cm³/mol. The van der Waals surface area contributed by atoms with Crippen molar-refractivity contribution in [2.45, 2.75) is 6.92 Å². The molecule has 124 valence electrons. The summed E-state index contributed by atoms with van der Waals surface area (Å²) in [5.74, 6) is 1.02. The first-order chi connectivity index (χ1) is 10.9. The van der Waals surface area contributed by atoms with Crippen molar-refractivity contribution in [2.24, 2.45) is 0 Å². The zero-order chi connectivity index (χ0) is 16.7. The molecule has 0 bridgehead atoms. The van der Waals surface area contributed by atoms with E-state index in [4.69, 9.17) is 9.15 Å². The van der Waals surface area contributed by atoms with Gasteiger partial charge >= 0.3 is 0 Å². The number of methoxy groups -OCH3 is 1. The SMILES string of the molecule is COc1c(Br)cc2c(C)c(C(=O)N3CCN(C)CC3)oc2c1Br. The number of hydrogen-bond donors (Lipinski definition) is 0. The lowest BCUT2D eigenvalue weighted by Crippen LogP contribution is -2.47. The second-order valence-electron chi connectivity index (χ2n) is 5.73. The Morgan fingerprint density at radius 2 is 1.91 bits per heavy atom. The molecule has 0 unspecified atom stereocenters. The number of fused-ring (bicyclic) bond motifs is 1. The van der Waals surface area contributed by atoms with Crippen LogP contribution in [-0.4, -0.2) is 56.0 Å². The number of rotatable bonds is 2. The Hall–Kier alpha value is -1.05. The molecule has 0 atom stereocenters. The fourth-order valence-electron chi connectivity index (χ4n) is 2.81. The molecule has 1 aromatic carbocycles. The minimum atomic E-state index is -0.0474. The van der Waals surface area contributed by atoms with Gasteiger partial charge in [0.2, 0.25) is 0 Å². The summed E-state index contributed by atoms with van der Waals surface area (Å²) in [5, 5.41) is 0.905. The van der Waals surface area contributed by atoms with Gasteiger partial charge in [0.15, 0.2) is 17.1 Å². The van der Waals surface area contributed by atoms with Crippen LogP contribution in [0.15, 0.2) is 19.4 Å². The molecular weight excluding hydrogens is 428 g/mol. The van der Waals surface area contributed by atoms with Gasteiger partial charge in [-0.2, -0.15) is 0 Å². The van der Waals surface area contributed by atoms with Gasteiger partial charge in [-0.05, 0) is 51.9 Å². The zero-order valence-electron chi connectivity index (χ0n) is 13.3. The van der Waals surface area contributed by atoms with Crippen LogP contribution in [0.2, 0.25) is 0 Å². The highest BCUT2D eigenvalue weighted by Crippen LogP contribution is 2.42. The Labute approximate surface area is 151 Å². The van der Waals surface area contributed by atoms with Crippen LogP contribution < -0.4 is 4.74 Å². The van der Waals surface area contributed by atoms with Crippen LogP contribution >= 0.6 is 31.9 Å². The highest BCUT2D eigenvalue weighted by atomic mass is 79.9. The summed E-state index contributed by atoms with van der Waals surface area (Å²) in [7, 11) is 3.66. The Morgan fingerprint density at radius 1 is 1.26 bits per heavy atom. The molecule has 3 rings (SSSR count). The van der Waals surface area contributed by atoms with Gasteiger partial charge in [0.25, 0.3) is 5.91 Å². The van der Waals surface area contributed by atoms with Crippen molar-refractivity contribution < 1.29 is 13.9 Å². The maximum Gasteiger partial charge on any atom is 0.289 e. The van der Waals surface area contributed by atoms with Gasteiger partial charge < -0.3 is 19.0 Å². The highest BCUT2D eigenvalue weighted by Gasteiger charge is 2.27. The average Bonchev–Trinajstić information content (AvgIpc) is 2.85. The van der Waals surface area contributed by atoms with E-state index in [1.165, 1.54) is 0 Å². The monoisotopic (exact) mass is 444 g/mol. The second kappa shape index (κ2) is 6.45. The zero-order valence-corrected chi connectivity index (χ0v) is 16.5. The summed E-state index contributed by atoms with van der Waals surface area (Å²) < 4.78 is 12.8. The molecule has 0 radical (unpaired) electrons. The van der Waals surface area contributed by atoms with Gasteiger partial charge in [0, 0.05) is 37.1 Å². The van der Waals surface area contributed by atoms with E-state index in [-0.39, 0.29) is 5.91 Å². The normalized spacial score (nSPS) is 16.1. The quantitative estimate of drug-likeness (QED) is 0.707. The number of benzene rings is 1. The molecule has 1 aromatic heterocycles. The second-order valence-corrected chi connectivity index (χ2v) is 7.38. The molecule has 1 aliphatic heterocycles. The van der Waals surface area contributed by atoms with Gasteiger partial charge in [-0.15, -0.1) is 0 Å². The van der Waals surface area contributed by atoms with E-state index in [2.05, 4.69) is 43.8 Å². The maximum atomic E-state index is 12.8. The lowest BCUT2D eigenvalue weighted by Gasteiger charge is -2.31. The minimum Gasteiger partial charge on any atom is -0.494 e. The largest absolute Gasteiger partial charge is 0.494 e.